The predicted molar refractivity (Wildman–Crippen MR) is 89.3 cm³/mol. The van der Waals surface area contributed by atoms with Gasteiger partial charge < -0.3 is 10.4 Å². The first-order valence-electron chi connectivity index (χ1n) is 8.12. The lowest BCUT2D eigenvalue weighted by Crippen LogP contribution is -2.27. The third-order valence-electron chi connectivity index (χ3n) is 4.34. The van der Waals surface area contributed by atoms with Crippen LogP contribution >= 0.6 is 11.6 Å². The van der Waals surface area contributed by atoms with Gasteiger partial charge in [0.2, 0.25) is 0 Å². The second-order valence-corrected chi connectivity index (χ2v) is 6.72. The van der Waals surface area contributed by atoms with E-state index in [0.717, 1.165) is 16.8 Å². The fourth-order valence-electron chi connectivity index (χ4n) is 2.65. The van der Waals surface area contributed by atoms with Gasteiger partial charge in [0, 0.05) is 17.7 Å². The molecule has 1 fully saturated rings. The maximum absolute atomic E-state index is 13.8. The maximum Gasteiger partial charge on any atom is 0.356 e. The molecule has 0 atom stereocenters. The highest BCUT2D eigenvalue weighted by Gasteiger charge is 2.42. The van der Waals surface area contributed by atoms with Gasteiger partial charge in [-0.15, -0.1) is 0 Å². The fourth-order valence-corrected chi connectivity index (χ4v) is 2.93. The molecule has 1 saturated carbocycles. The zero-order valence-corrected chi connectivity index (χ0v) is 14.5. The Morgan fingerprint density at radius 3 is 2.54 bits per heavy atom. The fraction of sp³-hybridized carbons (Fsp3) is 0.412. The molecule has 0 amide bonds. The topological polar surface area (TPSA) is 67.1 Å². The van der Waals surface area contributed by atoms with Crippen molar-refractivity contribution in [3.8, 4) is 0 Å². The number of carbonyl (C=O) groups is 1. The van der Waals surface area contributed by atoms with Crippen molar-refractivity contribution in [1.29, 1.82) is 0 Å². The summed E-state index contributed by atoms with van der Waals surface area (Å²) in [4.78, 5) is 11.4. The van der Waals surface area contributed by atoms with Gasteiger partial charge in [-0.05, 0) is 37.9 Å². The number of aromatic carboxylic acids is 1. The van der Waals surface area contributed by atoms with Crippen molar-refractivity contribution in [2.45, 2.75) is 31.5 Å². The largest absolute Gasteiger partial charge is 0.476 e. The first-order chi connectivity index (χ1) is 12.3. The summed E-state index contributed by atoms with van der Waals surface area (Å²) in [6, 6.07) is 3.43. The Kier molecular flexibility index (Phi) is 5.24. The quantitative estimate of drug-likeness (QED) is 0.683. The Morgan fingerprint density at radius 1 is 1.31 bits per heavy atom. The summed E-state index contributed by atoms with van der Waals surface area (Å²) in [6.07, 6.45) is 1.25. The summed E-state index contributed by atoms with van der Waals surface area (Å²) in [5, 5.41) is 16.1. The van der Waals surface area contributed by atoms with E-state index < -0.39 is 23.3 Å². The minimum Gasteiger partial charge on any atom is -0.476 e. The summed E-state index contributed by atoms with van der Waals surface area (Å²) in [6.45, 7) is 0.172. The Labute approximate surface area is 152 Å². The van der Waals surface area contributed by atoms with Crippen LogP contribution in [0.4, 0.5) is 13.2 Å². The molecule has 9 heteroatoms. The molecular formula is C17H17ClF3N3O2. The molecule has 1 aromatic carbocycles. The zero-order chi connectivity index (χ0) is 18.9. The van der Waals surface area contributed by atoms with Crippen molar-refractivity contribution in [3.05, 3.63) is 51.8 Å². The van der Waals surface area contributed by atoms with E-state index >= 15 is 0 Å². The SMILES string of the molecule is O=C(O)c1nn(Cc2c(F)cccc2F)c(Cl)c1CCNCC1(F)CC1. The normalized spacial score (nSPS) is 15.2. The van der Waals surface area contributed by atoms with Crippen molar-refractivity contribution >= 4 is 17.6 Å². The Hall–Kier alpha value is -2.06. The van der Waals surface area contributed by atoms with Crippen LogP contribution in [0.25, 0.3) is 0 Å². The number of halogens is 4. The third kappa shape index (κ3) is 4.02. The predicted octanol–water partition coefficient (Wildman–Crippen LogP) is 3.20. The second kappa shape index (κ2) is 7.28. The van der Waals surface area contributed by atoms with Crippen LogP contribution in [-0.4, -0.2) is 39.6 Å². The Balaban J connectivity index is 1.77. The number of carboxylic acid groups (broad SMARTS) is 1. The molecule has 1 heterocycles. The number of hydrogen-bond donors (Lipinski definition) is 2. The summed E-state index contributed by atoms with van der Waals surface area (Å²) in [5.41, 5.74) is -1.46. The molecule has 3 rings (SSSR count). The average molecular weight is 388 g/mol. The monoisotopic (exact) mass is 387 g/mol. The zero-order valence-electron chi connectivity index (χ0n) is 13.7. The smallest absolute Gasteiger partial charge is 0.356 e. The number of rotatable bonds is 8. The molecule has 0 bridgehead atoms. The van der Waals surface area contributed by atoms with Crippen LogP contribution in [0.15, 0.2) is 18.2 Å². The van der Waals surface area contributed by atoms with Crippen molar-refractivity contribution in [2.75, 3.05) is 13.1 Å². The standard InChI is InChI=1S/C17H17ClF3N3O2/c18-15-10(4-7-22-9-17(21)5-6-17)14(16(25)26)23-24(15)8-11-12(19)2-1-3-13(11)20/h1-3,22H,4-9H2,(H,25,26). The lowest BCUT2D eigenvalue weighted by atomic mass is 10.1. The number of nitrogens with zero attached hydrogens (tertiary/aromatic N) is 2. The van der Waals surface area contributed by atoms with Crippen LogP contribution < -0.4 is 5.32 Å². The van der Waals surface area contributed by atoms with E-state index in [0.29, 0.717) is 19.4 Å². The Bertz CT molecular complexity index is 817. The average Bonchev–Trinajstić information content (AvgIpc) is 3.23. The molecule has 0 unspecified atom stereocenters. The minimum atomic E-state index is -1.29. The minimum absolute atomic E-state index is 0.00626. The van der Waals surface area contributed by atoms with Gasteiger partial charge in [0.1, 0.15) is 22.5 Å². The summed E-state index contributed by atoms with van der Waals surface area (Å²) >= 11 is 6.20. The summed E-state index contributed by atoms with van der Waals surface area (Å²) < 4.78 is 42.2. The van der Waals surface area contributed by atoms with Crippen LogP contribution in [-0.2, 0) is 13.0 Å². The molecule has 1 aromatic heterocycles. The van der Waals surface area contributed by atoms with E-state index in [2.05, 4.69) is 10.4 Å². The molecule has 0 aliphatic heterocycles. The highest BCUT2D eigenvalue weighted by molar-refractivity contribution is 6.30. The number of carboxylic acids is 1. The van der Waals surface area contributed by atoms with Gasteiger partial charge in [0.05, 0.1) is 6.54 Å². The van der Waals surface area contributed by atoms with E-state index in [4.69, 9.17) is 11.6 Å². The molecule has 5 nitrogen and oxygen atoms in total. The van der Waals surface area contributed by atoms with E-state index in [1.54, 1.807) is 0 Å². The molecule has 0 spiro atoms. The van der Waals surface area contributed by atoms with Crippen molar-refractivity contribution in [1.82, 2.24) is 15.1 Å². The van der Waals surface area contributed by atoms with Crippen LogP contribution in [0.5, 0.6) is 0 Å². The van der Waals surface area contributed by atoms with Crippen LogP contribution in [0.2, 0.25) is 5.15 Å². The maximum atomic E-state index is 13.8. The van der Waals surface area contributed by atoms with Gasteiger partial charge in [-0.25, -0.2) is 22.6 Å². The van der Waals surface area contributed by atoms with Crippen molar-refractivity contribution < 1.29 is 23.1 Å². The van der Waals surface area contributed by atoms with Gasteiger partial charge in [0.15, 0.2) is 5.69 Å². The van der Waals surface area contributed by atoms with Crippen LogP contribution in [0, 0.1) is 11.6 Å². The van der Waals surface area contributed by atoms with Crippen molar-refractivity contribution in [3.63, 3.8) is 0 Å². The highest BCUT2D eigenvalue weighted by atomic mass is 35.5. The molecule has 0 radical (unpaired) electrons. The number of alkyl halides is 1. The van der Waals surface area contributed by atoms with Crippen LogP contribution in [0.1, 0.15) is 34.5 Å². The third-order valence-corrected chi connectivity index (χ3v) is 4.76. The molecule has 1 aliphatic carbocycles. The van der Waals surface area contributed by atoms with E-state index in [1.165, 1.54) is 6.07 Å². The summed E-state index contributed by atoms with van der Waals surface area (Å²) in [5.74, 6) is -2.83. The molecule has 140 valence electrons. The van der Waals surface area contributed by atoms with Gasteiger partial charge in [-0.2, -0.15) is 5.10 Å². The first-order valence-corrected chi connectivity index (χ1v) is 8.49. The number of aromatic nitrogens is 2. The van der Waals surface area contributed by atoms with E-state index in [1.807, 2.05) is 0 Å². The lowest BCUT2D eigenvalue weighted by Gasteiger charge is -2.08. The Morgan fingerprint density at radius 2 is 1.96 bits per heavy atom. The molecule has 1 aliphatic rings. The van der Waals surface area contributed by atoms with Crippen LogP contribution in [0.3, 0.4) is 0 Å². The van der Waals surface area contributed by atoms with E-state index in [-0.39, 0.29) is 41.5 Å². The van der Waals surface area contributed by atoms with Gasteiger partial charge in [-0.1, -0.05) is 17.7 Å². The number of nitrogens with one attached hydrogen (secondary N) is 1. The number of benzene rings is 1. The molecular weight excluding hydrogens is 371 g/mol. The highest BCUT2D eigenvalue weighted by Crippen LogP contribution is 2.38. The summed E-state index contributed by atoms with van der Waals surface area (Å²) in [7, 11) is 0. The second-order valence-electron chi connectivity index (χ2n) is 6.36. The lowest BCUT2D eigenvalue weighted by molar-refractivity contribution is 0.0688. The molecule has 2 N–H and O–H groups in total. The van der Waals surface area contributed by atoms with Gasteiger partial charge in [-0.3, -0.25) is 0 Å². The molecule has 26 heavy (non-hydrogen) atoms. The van der Waals surface area contributed by atoms with Gasteiger partial charge in [0.25, 0.3) is 0 Å². The number of hydrogen-bond acceptors (Lipinski definition) is 3. The molecule has 0 saturated heterocycles. The van der Waals surface area contributed by atoms with Crippen molar-refractivity contribution in [2.24, 2.45) is 0 Å². The first kappa shape index (κ1) is 18.7. The van der Waals surface area contributed by atoms with E-state index in [9.17, 15) is 23.1 Å². The van der Waals surface area contributed by atoms with Gasteiger partial charge >= 0.3 is 5.97 Å². The molecule has 2 aromatic rings.